The Hall–Kier alpha value is -3.18. The zero-order valence-electron chi connectivity index (χ0n) is 19.5. The number of fused-ring (bicyclic) bond motifs is 1. The molecule has 0 radical (unpaired) electrons. The van der Waals surface area contributed by atoms with Crippen molar-refractivity contribution in [1.82, 2.24) is 4.90 Å². The molecule has 2 heterocycles. The molecule has 4 aliphatic rings. The zero-order chi connectivity index (χ0) is 23.3. The number of aliphatic hydroxyl groups excluding tert-OH is 1. The van der Waals surface area contributed by atoms with E-state index < -0.39 is 5.41 Å². The summed E-state index contributed by atoms with van der Waals surface area (Å²) in [6.45, 7) is 1.85. The molecule has 1 saturated carbocycles. The molecule has 174 valence electrons. The van der Waals surface area contributed by atoms with Crippen LogP contribution < -0.4 is 0 Å². The van der Waals surface area contributed by atoms with E-state index in [1.54, 1.807) is 0 Å². The highest BCUT2D eigenvalue weighted by molar-refractivity contribution is 6.29. The number of rotatable bonds is 5. The summed E-state index contributed by atoms with van der Waals surface area (Å²) >= 11 is 0. The van der Waals surface area contributed by atoms with Crippen molar-refractivity contribution in [2.75, 3.05) is 20.3 Å². The van der Waals surface area contributed by atoms with Crippen LogP contribution in [0, 0.1) is 11.8 Å². The van der Waals surface area contributed by atoms with Gasteiger partial charge < -0.3 is 14.7 Å². The number of aliphatic hydroxyl groups is 1. The molecule has 2 aromatic carbocycles. The van der Waals surface area contributed by atoms with Crippen LogP contribution in [-0.4, -0.2) is 41.9 Å². The Morgan fingerprint density at radius 3 is 2.74 bits per heavy atom. The van der Waals surface area contributed by atoms with Crippen LogP contribution in [-0.2, 0) is 21.5 Å². The molecule has 2 aromatic rings. The van der Waals surface area contributed by atoms with Crippen LogP contribution in [0.2, 0.25) is 0 Å². The standard InChI is InChI=1S/C29H30N2O3/c1-34-28(33)26-22(21-11-7-10-20(21)18-32)16-25-29(23-12-5-6-13-24(23)30-27(26)29)14-15-31(25)17-19-8-3-2-4-9-19/h2-6,8-9,12-13,16,20-21,32H,7,10-11,14-15,17-18H2,1H3. The first-order valence-corrected chi connectivity index (χ1v) is 12.3. The van der Waals surface area contributed by atoms with Gasteiger partial charge in [0.1, 0.15) is 0 Å². The van der Waals surface area contributed by atoms with E-state index in [2.05, 4.69) is 47.4 Å². The molecule has 0 amide bonds. The Labute approximate surface area is 200 Å². The van der Waals surface area contributed by atoms with Gasteiger partial charge >= 0.3 is 5.97 Å². The van der Waals surface area contributed by atoms with Gasteiger partial charge in [-0.15, -0.1) is 0 Å². The van der Waals surface area contributed by atoms with Crippen LogP contribution >= 0.6 is 0 Å². The van der Waals surface area contributed by atoms with E-state index in [0.29, 0.717) is 5.57 Å². The number of benzene rings is 2. The summed E-state index contributed by atoms with van der Waals surface area (Å²) in [5.74, 6) is -0.0242. The van der Waals surface area contributed by atoms with Gasteiger partial charge in [-0.2, -0.15) is 0 Å². The number of methoxy groups -OCH3 is 1. The summed E-state index contributed by atoms with van der Waals surface area (Å²) in [5.41, 5.74) is 6.65. The van der Waals surface area contributed by atoms with Gasteiger partial charge in [0, 0.05) is 25.4 Å². The molecule has 5 heteroatoms. The number of nitrogens with zero attached hydrogens (tertiary/aromatic N) is 2. The molecule has 1 spiro atoms. The van der Waals surface area contributed by atoms with Crippen molar-refractivity contribution in [3.63, 3.8) is 0 Å². The highest BCUT2D eigenvalue weighted by Crippen LogP contribution is 2.57. The third-order valence-corrected chi connectivity index (χ3v) is 8.25. The first-order chi connectivity index (χ1) is 16.7. The summed E-state index contributed by atoms with van der Waals surface area (Å²) in [6.07, 6.45) is 6.15. The number of carbonyl (C=O) groups excluding carboxylic acids is 1. The lowest BCUT2D eigenvalue weighted by atomic mass is 9.66. The predicted molar refractivity (Wildman–Crippen MR) is 132 cm³/mol. The number of likely N-dealkylation sites (tertiary alicyclic amines) is 1. The van der Waals surface area contributed by atoms with Crippen molar-refractivity contribution < 1.29 is 14.6 Å². The number of ether oxygens (including phenoxy) is 1. The molecule has 1 N–H and O–H groups in total. The van der Waals surface area contributed by atoms with Gasteiger partial charge in [0.25, 0.3) is 0 Å². The molecule has 1 saturated heterocycles. The van der Waals surface area contributed by atoms with Gasteiger partial charge in [0.15, 0.2) is 0 Å². The Morgan fingerprint density at radius 1 is 1.15 bits per heavy atom. The minimum atomic E-state index is -0.425. The number of hydrogen-bond donors (Lipinski definition) is 1. The average Bonchev–Trinajstić information content (AvgIpc) is 3.58. The van der Waals surface area contributed by atoms with Gasteiger partial charge in [0.2, 0.25) is 0 Å². The lowest BCUT2D eigenvalue weighted by Crippen LogP contribution is -2.41. The normalized spacial score (nSPS) is 27.2. The van der Waals surface area contributed by atoms with Crippen molar-refractivity contribution in [2.24, 2.45) is 16.8 Å². The van der Waals surface area contributed by atoms with Crippen molar-refractivity contribution in [2.45, 2.75) is 37.6 Å². The van der Waals surface area contributed by atoms with Crippen LogP contribution in [0.25, 0.3) is 0 Å². The molecule has 3 atom stereocenters. The van der Waals surface area contributed by atoms with E-state index in [1.807, 2.05) is 18.2 Å². The summed E-state index contributed by atoms with van der Waals surface area (Å²) < 4.78 is 5.34. The molecule has 5 nitrogen and oxygen atoms in total. The third-order valence-electron chi connectivity index (χ3n) is 8.25. The topological polar surface area (TPSA) is 62.1 Å². The van der Waals surface area contributed by atoms with Crippen LogP contribution in [0.4, 0.5) is 5.69 Å². The average molecular weight is 455 g/mol. The van der Waals surface area contributed by atoms with Crippen LogP contribution in [0.1, 0.15) is 36.8 Å². The van der Waals surface area contributed by atoms with Crippen LogP contribution in [0.15, 0.2) is 82.5 Å². The summed E-state index contributed by atoms with van der Waals surface area (Å²) in [7, 11) is 1.45. The Kier molecular flexibility index (Phi) is 5.18. The van der Waals surface area contributed by atoms with Gasteiger partial charge in [-0.3, -0.25) is 4.99 Å². The Morgan fingerprint density at radius 2 is 1.94 bits per heavy atom. The van der Waals surface area contributed by atoms with Gasteiger partial charge in [-0.05, 0) is 59.9 Å². The molecule has 2 aliphatic carbocycles. The van der Waals surface area contributed by atoms with Crippen LogP contribution in [0.3, 0.4) is 0 Å². The molecule has 34 heavy (non-hydrogen) atoms. The lowest BCUT2D eigenvalue weighted by Gasteiger charge is -2.37. The number of allylic oxidation sites excluding steroid dienone is 3. The van der Waals surface area contributed by atoms with Gasteiger partial charge in [-0.25, -0.2) is 4.79 Å². The van der Waals surface area contributed by atoms with Gasteiger partial charge in [0.05, 0.1) is 29.5 Å². The van der Waals surface area contributed by atoms with Crippen molar-refractivity contribution >= 4 is 17.4 Å². The van der Waals surface area contributed by atoms with Gasteiger partial charge in [-0.1, -0.05) is 55.0 Å². The maximum atomic E-state index is 13.3. The molecule has 0 aromatic heterocycles. The first kappa shape index (κ1) is 21.4. The fraction of sp³-hybridized carbons (Fsp3) is 0.379. The minimum absolute atomic E-state index is 0.134. The fourth-order valence-corrected chi connectivity index (χ4v) is 6.69. The molecular weight excluding hydrogens is 424 g/mol. The quantitative estimate of drug-likeness (QED) is 0.666. The van der Waals surface area contributed by atoms with Crippen molar-refractivity contribution in [1.29, 1.82) is 0 Å². The van der Waals surface area contributed by atoms with E-state index in [4.69, 9.17) is 9.73 Å². The second-order valence-electron chi connectivity index (χ2n) is 9.87. The Balaban J connectivity index is 1.56. The highest BCUT2D eigenvalue weighted by Gasteiger charge is 2.56. The number of esters is 1. The van der Waals surface area contributed by atoms with E-state index in [1.165, 1.54) is 23.9 Å². The first-order valence-electron chi connectivity index (χ1n) is 12.3. The molecule has 6 rings (SSSR count). The van der Waals surface area contributed by atoms with E-state index in [9.17, 15) is 9.90 Å². The molecular formula is C29H30N2O3. The highest BCUT2D eigenvalue weighted by atomic mass is 16.5. The number of para-hydroxylation sites is 1. The maximum Gasteiger partial charge on any atom is 0.340 e. The zero-order valence-corrected chi connectivity index (χ0v) is 19.5. The smallest absolute Gasteiger partial charge is 0.340 e. The summed E-state index contributed by atoms with van der Waals surface area (Å²) in [5, 5.41) is 10.1. The third kappa shape index (κ3) is 3.03. The minimum Gasteiger partial charge on any atom is -0.465 e. The lowest BCUT2D eigenvalue weighted by molar-refractivity contribution is -0.135. The number of carbonyl (C=O) groups is 1. The summed E-state index contributed by atoms with van der Waals surface area (Å²) in [6, 6.07) is 18.8. The number of hydrogen-bond acceptors (Lipinski definition) is 5. The largest absolute Gasteiger partial charge is 0.465 e. The molecule has 0 bridgehead atoms. The molecule has 2 fully saturated rings. The molecule has 2 aliphatic heterocycles. The van der Waals surface area contributed by atoms with Crippen molar-refractivity contribution in [3.8, 4) is 0 Å². The second-order valence-corrected chi connectivity index (χ2v) is 9.87. The summed E-state index contributed by atoms with van der Waals surface area (Å²) in [4.78, 5) is 20.9. The SMILES string of the molecule is COC(=O)C1=C(C2CCCC2CO)C=C2N(Cc3ccccc3)CCC23C1=Nc1ccccc13. The molecule has 3 unspecified atom stereocenters. The monoisotopic (exact) mass is 454 g/mol. The fourth-order valence-electron chi connectivity index (χ4n) is 6.69. The van der Waals surface area contributed by atoms with E-state index in [-0.39, 0.29) is 24.4 Å². The van der Waals surface area contributed by atoms with E-state index in [0.717, 1.165) is 55.7 Å². The van der Waals surface area contributed by atoms with Crippen LogP contribution in [0.5, 0.6) is 0 Å². The van der Waals surface area contributed by atoms with E-state index >= 15 is 0 Å². The Bertz CT molecular complexity index is 1230. The maximum absolute atomic E-state index is 13.3. The second kappa shape index (κ2) is 8.24. The van der Waals surface area contributed by atoms with Crippen molar-refractivity contribution in [3.05, 3.63) is 88.6 Å². The predicted octanol–water partition coefficient (Wildman–Crippen LogP) is 4.69. The number of aliphatic imine (C=N–C) groups is 1.